The molecule has 0 unspecified atom stereocenters. The molecule has 0 aliphatic carbocycles. The second-order valence-electron chi connectivity index (χ2n) is 6.01. The summed E-state index contributed by atoms with van der Waals surface area (Å²) in [7, 11) is 1.52. The smallest absolute Gasteiger partial charge is 0.270 e. The Morgan fingerprint density at radius 3 is 2.60 bits per heavy atom. The van der Waals surface area contributed by atoms with Crippen molar-refractivity contribution >= 4 is 23.4 Å². The number of nitro benzene ring substituents is 1. The number of anilines is 1. The van der Waals surface area contributed by atoms with Crippen LogP contribution in [0.3, 0.4) is 0 Å². The van der Waals surface area contributed by atoms with Crippen molar-refractivity contribution < 1.29 is 24.0 Å². The summed E-state index contributed by atoms with van der Waals surface area (Å²) in [5, 5.41) is 32.8. The third-order valence-corrected chi connectivity index (χ3v) is 4.08. The zero-order chi connectivity index (χ0) is 21.7. The Hall–Kier alpha value is -4.58. The average molecular weight is 405 g/mol. The molecule has 0 fully saturated rings. The molecule has 1 aromatic heterocycles. The second kappa shape index (κ2) is 8.62. The van der Waals surface area contributed by atoms with E-state index < -0.39 is 10.8 Å². The van der Waals surface area contributed by atoms with Crippen LogP contribution in [0.5, 0.6) is 11.5 Å². The number of furan rings is 1. The van der Waals surface area contributed by atoms with E-state index in [0.717, 1.165) is 0 Å². The van der Waals surface area contributed by atoms with Gasteiger partial charge in [0.05, 0.1) is 17.6 Å². The predicted molar refractivity (Wildman–Crippen MR) is 108 cm³/mol. The van der Waals surface area contributed by atoms with Crippen LogP contribution in [0.15, 0.2) is 64.6 Å². The molecule has 0 spiro atoms. The Bertz CT molecular complexity index is 1170. The molecule has 2 N–H and O–H groups in total. The number of nitrogens with one attached hydrogen (secondary N) is 1. The number of non-ortho nitro benzene ring substituents is 1. The van der Waals surface area contributed by atoms with Gasteiger partial charge in [0.2, 0.25) is 0 Å². The third kappa shape index (κ3) is 4.45. The SMILES string of the molecule is COc1ccc(NC(=O)/C(C#N)=C\c2ccc(-c3cc([N+](=O)[O-])ccc3O)o2)cc1. The van der Waals surface area contributed by atoms with Crippen molar-refractivity contribution in [1.82, 2.24) is 0 Å². The van der Waals surface area contributed by atoms with Gasteiger partial charge in [0.25, 0.3) is 11.6 Å². The second-order valence-corrected chi connectivity index (χ2v) is 6.01. The summed E-state index contributed by atoms with van der Waals surface area (Å²) in [6, 6.07) is 14.9. The fourth-order valence-corrected chi connectivity index (χ4v) is 2.57. The Balaban J connectivity index is 1.83. The molecule has 0 saturated heterocycles. The van der Waals surface area contributed by atoms with Crippen LogP contribution in [-0.2, 0) is 4.79 Å². The van der Waals surface area contributed by atoms with Crippen molar-refractivity contribution in [2.75, 3.05) is 12.4 Å². The van der Waals surface area contributed by atoms with Crippen molar-refractivity contribution in [3.63, 3.8) is 0 Å². The predicted octanol–water partition coefficient (Wildman–Crippen LogP) is 4.11. The minimum absolute atomic E-state index is 0.116. The van der Waals surface area contributed by atoms with Crippen LogP contribution in [-0.4, -0.2) is 23.0 Å². The number of aromatic hydroxyl groups is 1. The number of rotatable bonds is 6. The van der Waals surface area contributed by atoms with E-state index in [9.17, 15) is 25.3 Å². The van der Waals surface area contributed by atoms with E-state index in [-0.39, 0.29) is 34.1 Å². The molecule has 3 rings (SSSR count). The Labute approximate surface area is 170 Å². The quantitative estimate of drug-likeness (QED) is 0.272. The molecule has 30 heavy (non-hydrogen) atoms. The zero-order valence-electron chi connectivity index (χ0n) is 15.7. The highest BCUT2D eigenvalue weighted by Gasteiger charge is 2.16. The Kier molecular flexibility index (Phi) is 5.79. The van der Waals surface area contributed by atoms with Gasteiger partial charge in [0.1, 0.15) is 34.7 Å². The summed E-state index contributed by atoms with van der Waals surface area (Å²) in [5.74, 6) is 0.0891. The molecule has 0 radical (unpaired) electrons. The number of phenols is 1. The van der Waals surface area contributed by atoms with Crippen molar-refractivity contribution in [2.45, 2.75) is 0 Å². The van der Waals surface area contributed by atoms with Crippen LogP contribution in [0.2, 0.25) is 0 Å². The minimum atomic E-state index is -0.640. The first kappa shape index (κ1) is 20.2. The van der Waals surface area contributed by atoms with Crippen LogP contribution in [0.1, 0.15) is 5.76 Å². The van der Waals surface area contributed by atoms with Crippen molar-refractivity contribution in [2.24, 2.45) is 0 Å². The first-order valence-corrected chi connectivity index (χ1v) is 8.56. The fraction of sp³-hybridized carbons (Fsp3) is 0.0476. The standard InChI is InChI=1S/C21H15N3O6/c1-29-16-5-2-14(3-6-16)23-21(26)13(12-22)10-17-7-9-20(30-17)18-11-15(24(27)28)4-8-19(18)25/h2-11,25H,1H3,(H,23,26)/b13-10-. The number of benzene rings is 2. The lowest BCUT2D eigenvalue weighted by Gasteiger charge is -2.05. The molecule has 9 heteroatoms. The summed E-state index contributed by atoms with van der Waals surface area (Å²) in [5.41, 5.74) is 0.163. The lowest BCUT2D eigenvalue weighted by atomic mass is 10.1. The normalized spacial score (nSPS) is 10.9. The van der Waals surface area contributed by atoms with Gasteiger partial charge in [-0.2, -0.15) is 5.26 Å². The fourth-order valence-electron chi connectivity index (χ4n) is 2.57. The molecule has 3 aromatic rings. The summed E-state index contributed by atoms with van der Waals surface area (Å²) in [4.78, 5) is 22.7. The lowest BCUT2D eigenvalue weighted by Crippen LogP contribution is -2.13. The largest absolute Gasteiger partial charge is 0.507 e. The first-order valence-electron chi connectivity index (χ1n) is 8.56. The number of phenolic OH excluding ortho intramolecular Hbond substituents is 1. The maximum Gasteiger partial charge on any atom is 0.270 e. The van der Waals surface area contributed by atoms with Gasteiger partial charge in [0, 0.05) is 23.9 Å². The van der Waals surface area contributed by atoms with Crippen LogP contribution in [0.4, 0.5) is 11.4 Å². The summed E-state index contributed by atoms with van der Waals surface area (Å²) >= 11 is 0. The van der Waals surface area contributed by atoms with Gasteiger partial charge in [-0.05, 0) is 42.5 Å². The van der Waals surface area contributed by atoms with Crippen molar-refractivity contribution in [3.8, 4) is 28.9 Å². The highest BCUT2D eigenvalue weighted by atomic mass is 16.6. The minimum Gasteiger partial charge on any atom is -0.507 e. The molecular weight excluding hydrogens is 390 g/mol. The van der Waals surface area contributed by atoms with Gasteiger partial charge < -0.3 is 19.6 Å². The van der Waals surface area contributed by atoms with E-state index in [1.54, 1.807) is 30.3 Å². The van der Waals surface area contributed by atoms with E-state index in [1.165, 1.54) is 43.5 Å². The number of ether oxygens (including phenoxy) is 1. The van der Waals surface area contributed by atoms with Crippen LogP contribution >= 0.6 is 0 Å². The molecule has 0 aliphatic rings. The summed E-state index contributed by atoms with van der Waals surface area (Å²) < 4.78 is 10.6. The van der Waals surface area contributed by atoms with Gasteiger partial charge in [-0.25, -0.2) is 0 Å². The zero-order valence-corrected chi connectivity index (χ0v) is 15.7. The molecule has 9 nitrogen and oxygen atoms in total. The number of nitriles is 1. The number of carbonyl (C=O) groups excluding carboxylic acids is 1. The molecule has 1 amide bonds. The molecule has 0 atom stereocenters. The number of methoxy groups -OCH3 is 1. The van der Waals surface area contributed by atoms with E-state index in [2.05, 4.69) is 5.32 Å². The summed E-state index contributed by atoms with van der Waals surface area (Å²) in [6.07, 6.45) is 1.23. The van der Waals surface area contributed by atoms with Gasteiger partial charge in [0.15, 0.2) is 0 Å². The molecule has 2 aromatic carbocycles. The average Bonchev–Trinajstić information content (AvgIpc) is 3.21. The summed E-state index contributed by atoms with van der Waals surface area (Å²) in [6.45, 7) is 0. The van der Waals surface area contributed by atoms with Crippen LogP contribution in [0.25, 0.3) is 17.4 Å². The number of amides is 1. The van der Waals surface area contributed by atoms with E-state index in [1.807, 2.05) is 0 Å². The van der Waals surface area contributed by atoms with Crippen LogP contribution in [0, 0.1) is 21.4 Å². The molecule has 150 valence electrons. The highest BCUT2D eigenvalue weighted by molar-refractivity contribution is 6.09. The van der Waals surface area contributed by atoms with E-state index >= 15 is 0 Å². The Morgan fingerprint density at radius 1 is 1.23 bits per heavy atom. The van der Waals surface area contributed by atoms with Crippen molar-refractivity contribution in [1.29, 1.82) is 5.26 Å². The Morgan fingerprint density at radius 2 is 1.97 bits per heavy atom. The number of nitro groups is 1. The van der Waals surface area contributed by atoms with Gasteiger partial charge in [-0.1, -0.05) is 0 Å². The molecular formula is C21H15N3O6. The third-order valence-electron chi connectivity index (χ3n) is 4.08. The van der Waals surface area contributed by atoms with E-state index in [0.29, 0.717) is 11.4 Å². The molecule has 0 bridgehead atoms. The maximum atomic E-state index is 12.4. The van der Waals surface area contributed by atoms with Gasteiger partial charge in [-0.15, -0.1) is 0 Å². The topological polar surface area (TPSA) is 139 Å². The number of hydrogen-bond acceptors (Lipinski definition) is 7. The van der Waals surface area contributed by atoms with E-state index in [4.69, 9.17) is 9.15 Å². The highest BCUT2D eigenvalue weighted by Crippen LogP contribution is 2.34. The number of nitrogens with zero attached hydrogens (tertiary/aromatic N) is 2. The number of carbonyl (C=O) groups is 1. The van der Waals surface area contributed by atoms with Gasteiger partial charge in [-0.3, -0.25) is 14.9 Å². The van der Waals surface area contributed by atoms with Gasteiger partial charge >= 0.3 is 0 Å². The molecule has 1 heterocycles. The lowest BCUT2D eigenvalue weighted by molar-refractivity contribution is -0.384. The van der Waals surface area contributed by atoms with Crippen molar-refractivity contribution in [3.05, 3.63) is 76.0 Å². The maximum absolute atomic E-state index is 12.4. The monoisotopic (exact) mass is 405 g/mol. The molecule has 0 saturated carbocycles. The van der Waals surface area contributed by atoms with Crippen LogP contribution < -0.4 is 10.1 Å². The first-order chi connectivity index (χ1) is 14.4. The number of hydrogen-bond donors (Lipinski definition) is 2. The molecule has 0 aliphatic heterocycles.